The summed E-state index contributed by atoms with van der Waals surface area (Å²) < 4.78 is 5.97. The number of ether oxygens (including phenoxy) is 1. The van der Waals surface area contributed by atoms with Gasteiger partial charge in [-0.05, 0) is 6.07 Å². The number of carbonyl (C=O) groups is 1. The SMILES string of the molecule is Nc1cc(-n2cnc(COC=O)c2)c([N+](=O)[O-])cc1N. The summed E-state index contributed by atoms with van der Waals surface area (Å²) in [5, 5.41) is 11.0. The van der Waals surface area contributed by atoms with Crippen LogP contribution in [-0.2, 0) is 16.1 Å². The van der Waals surface area contributed by atoms with Gasteiger partial charge < -0.3 is 16.2 Å². The Balaban J connectivity index is 2.45. The summed E-state index contributed by atoms with van der Waals surface area (Å²) in [4.78, 5) is 24.6. The zero-order valence-corrected chi connectivity index (χ0v) is 10.2. The summed E-state index contributed by atoms with van der Waals surface area (Å²) in [5.41, 5.74) is 12.1. The molecule has 9 heteroatoms. The Morgan fingerprint density at radius 3 is 2.75 bits per heavy atom. The van der Waals surface area contributed by atoms with Crippen LogP contribution >= 0.6 is 0 Å². The number of hydrogen-bond acceptors (Lipinski definition) is 7. The molecule has 0 atom stereocenters. The van der Waals surface area contributed by atoms with Crippen LogP contribution in [0.4, 0.5) is 17.1 Å². The lowest BCUT2D eigenvalue weighted by Crippen LogP contribution is -2.03. The quantitative estimate of drug-likeness (QED) is 0.353. The van der Waals surface area contributed by atoms with Gasteiger partial charge in [-0.25, -0.2) is 4.98 Å². The number of benzene rings is 1. The van der Waals surface area contributed by atoms with Crippen LogP contribution in [0.3, 0.4) is 0 Å². The van der Waals surface area contributed by atoms with E-state index in [0.29, 0.717) is 12.2 Å². The van der Waals surface area contributed by atoms with Gasteiger partial charge >= 0.3 is 0 Å². The second-order valence-electron chi connectivity index (χ2n) is 3.91. The van der Waals surface area contributed by atoms with Gasteiger partial charge in [0.1, 0.15) is 12.3 Å². The van der Waals surface area contributed by atoms with Crippen LogP contribution in [0.5, 0.6) is 0 Å². The molecule has 9 nitrogen and oxygen atoms in total. The minimum absolute atomic E-state index is 0.0191. The minimum atomic E-state index is -0.563. The molecule has 0 amide bonds. The van der Waals surface area contributed by atoms with Crippen molar-refractivity contribution in [2.75, 3.05) is 11.5 Å². The molecule has 0 aliphatic carbocycles. The van der Waals surface area contributed by atoms with Crippen LogP contribution in [0.1, 0.15) is 5.69 Å². The Labute approximate surface area is 112 Å². The second kappa shape index (κ2) is 5.26. The Morgan fingerprint density at radius 1 is 1.40 bits per heavy atom. The van der Waals surface area contributed by atoms with Gasteiger partial charge in [-0.3, -0.25) is 19.5 Å². The van der Waals surface area contributed by atoms with E-state index in [9.17, 15) is 14.9 Å². The maximum atomic E-state index is 11.0. The molecule has 0 saturated carbocycles. The summed E-state index contributed by atoms with van der Waals surface area (Å²) >= 11 is 0. The van der Waals surface area contributed by atoms with Crippen molar-refractivity contribution in [1.29, 1.82) is 0 Å². The first kappa shape index (κ1) is 13.3. The van der Waals surface area contributed by atoms with E-state index in [0.717, 1.165) is 0 Å². The molecule has 0 aliphatic rings. The molecule has 2 aromatic rings. The van der Waals surface area contributed by atoms with Crippen molar-refractivity contribution in [3.05, 3.63) is 40.5 Å². The zero-order valence-electron chi connectivity index (χ0n) is 10.2. The predicted molar refractivity (Wildman–Crippen MR) is 69.9 cm³/mol. The van der Waals surface area contributed by atoms with E-state index < -0.39 is 4.92 Å². The van der Waals surface area contributed by atoms with Crippen molar-refractivity contribution in [3.63, 3.8) is 0 Å². The fourth-order valence-corrected chi connectivity index (χ4v) is 1.65. The van der Waals surface area contributed by atoms with Crippen LogP contribution in [-0.4, -0.2) is 20.9 Å². The van der Waals surface area contributed by atoms with Gasteiger partial charge in [-0.15, -0.1) is 0 Å². The molecule has 0 bridgehead atoms. The highest BCUT2D eigenvalue weighted by molar-refractivity contribution is 5.73. The predicted octanol–water partition coefficient (Wildman–Crippen LogP) is 0.618. The van der Waals surface area contributed by atoms with Gasteiger partial charge in [0.05, 0.1) is 28.3 Å². The standard InChI is InChI=1S/C11H11N5O4/c12-8-1-10(11(16(18)19)2-9(8)13)15-3-7(14-5-15)4-20-6-17/h1-3,5-6H,4,12-13H2. The summed E-state index contributed by atoms with van der Waals surface area (Å²) in [6.07, 6.45) is 2.86. The number of nitro groups is 1. The van der Waals surface area contributed by atoms with Crippen LogP contribution in [0.2, 0.25) is 0 Å². The van der Waals surface area contributed by atoms with E-state index in [1.54, 1.807) is 0 Å². The van der Waals surface area contributed by atoms with Gasteiger partial charge in [0, 0.05) is 12.3 Å². The number of nitrogens with zero attached hydrogens (tertiary/aromatic N) is 3. The molecular formula is C11H11N5O4. The van der Waals surface area contributed by atoms with Crippen molar-refractivity contribution < 1.29 is 14.5 Å². The Bertz CT molecular complexity index is 667. The number of rotatable bonds is 5. The molecule has 0 radical (unpaired) electrons. The Kier molecular flexibility index (Phi) is 3.51. The molecule has 4 N–H and O–H groups in total. The first-order chi connectivity index (χ1) is 9.52. The van der Waals surface area contributed by atoms with Crippen LogP contribution in [0.15, 0.2) is 24.7 Å². The Hall–Kier alpha value is -3.10. The third-order valence-corrected chi connectivity index (χ3v) is 2.59. The molecule has 0 fully saturated rings. The van der Waals surface area contributed by atoms with Crippen molar-refractivity contribution in [2.45, 2.75) is 6.61 Å². The fraction of sp³-hybridized carbons (Fsp3) is 0.0909. The van der Waals surface area contributed by atoms with Crippen LogP contribution < -0.4 is 11.5 Å². The van der Waals surface area contributed by atoms with E-state index in [1.807, 2.05) is 0 Å². The average molecular weight is 277 g/mol. The van der Waals surface area contributed by atoms with Gasteiger partial charge in [0.25, 0.3) is 12.2 Å². The highest BCUT2D eigenvalue weighted by Crippen LogP contribution is 2.30. The highest BCUT2D eigenvalue weighted by atomic mass is 16.6. The number of anilines is 2. The van der Waals surface area contributed by atoms with E-state index >= 15 is 0 Å². The second-order valence-corrected chi connectivity index (χ2v) is 3.91. The maximum absolute atomic E-state index is 11.0. The smallest absolute Gasteiger partial charge is 0.295 e. The van der Waals surface area contributed by atoms with E-state index in [4.69, 9.17) is 11.5 Å². The first-order valence-corrected chi connectivity index (χ1v) is 5.44. The molecule has 0 spiro atoms. The third-order valence-electron chi connectivity index (χ3n) is 2.59. The largest absolute Gasteiger partial charge is 0.461 e. The molecule has 1 aromatic carbocycles. The highest BCUT2D eigenvalue weighted by Gasteiger charge is 2.18. The molecular weight excluding hydrogens is 266 g/mol. The van der Waals surface area contributed by atoms with Gasteiger partial charge in [-0.1, -0.05) is 0 Å². The fourth-order valence-electron chi connectivity index (χ4n) is 1.65. The van der Waals surface area contributed by atoms with Crippen LogP contribution in [0.25, 0.3) is 5.69 Å². The summed E-state index contributed by atoms with van der Waals surface area (Å²) in [5.74, 6) is 0. The number of hydrogen-bond donors (Lipinski definition) is 2. The molecule has 0 unspecified atom stereocenters. The van der Waals surface area contributed by atoms with E-state index in [-0.39, 0.29) is 29.4 Å². The number of aromatic nitrogens is 2. The number of imidazole rings is 1. The zero-order chi connectivity index (χ0) is 14.7. The summed E-state index contributed by atoms with van der Waals surface area (Å²) in [7, 11) is 0. The van der Waals surface area contributed by atoms with Crippen molar-refractivity contribution >= 4 is 23.5 Å². The maximum Gasteiger partial charge on any atom is 0.295 e. The van der Waals surface area contributed by atoms with Crippen molar-refractivity contribution in [2.24, 2.45) is 0 Å². The number of nitrogen functional groups attached to an aromatic ring is 2. The van der Waals surface area contributed by atoms with Crippen molar-refractivity contribution in [1.82, 2.24) is 9.55 Å². The van der Waals surface area contributed by atoms with E-state index in [2.05, 4.69) is 9.72 Å². The van der Waals surface area contributed by atoms with Crippen molar-refractivity contribution in [3.8, 4) is 5.69 Å². The topological polar surface area (TPSA) is 139 Å². The summed E-state index contributed by atoms with van der Waals surface area (Å²) in [6.45, 7) is 0.275. The molecule has 104 valence electrons. The van der Waals surface area contributed by atoms with Gasteiger partial charge in [0.2, 0.25) is 0 Å². The third kappa shape index (κ3) is 2.51. The molecule has 1 aromatic heterocycles. The number of nitro benzene ring substituents is 1. The normalized spacial score (nSPS) is 10.2. The lowest BCUT2D eigenvalue weighted by molar-refractivity contribution is -0.384. The lowest BCUT2D eigenvalue weighted by Gasteiger charge is -2.07. The molecule has 0 saturated heterocycles. The molecule has 2 rings (SSSR count). The molecule has 1 heterocycles. The van der Waals surface area contributed by atoms with E-state index in [1.165, 1.54) is 29.2 Å². The summed E-state index contributed by atoms with van der Waals surface area (Å²) in [6, 6.07) is 2.58. The first-order valence-electron chi connectivity index (χ1n) is 5.44. The molecule has 20 heavy (non-hydrogen) atoms. The minimum Gasteiger partial charge on any atom is -0.461 e. The average Bonchev–Trinajstić information content (AvgIpc) is 2.87. The van der Waals surface area contributed by atoms with Gasteiger partial charge in [0.15, 0.2) is 0 Å². The monoisotopic (exact) mass is 277 g/mol. The number of nitrogens with two attached hydrogens (primary N) is 2. The Morgan fingerprint density at radius 2 is 2.10 bits per heavy atom. The van der Waals surface area contributed by atoms with Gasteiger partial charge in [-0.2, -0.15) is 0 Å². The lowest BCUT2D eigenvalue weighted by atomic mass is 10.2. The number of carbonyl (C=O) groups excluding carboxylic acids is 1. The molecule has 0 aliphatic heterocycles. The van der Waals surface area contributed by atoms with Crippen LogP contribution in [0, 0.1) is 10.1 Å².